The van der Waals surface area contributed by atoms with Crippen LogP contribution in [0.2, 0.25) is 5.02 Å². The van der Waals surface area contributed by atoms with Gasteiger partial charge in [0.05, 0.1) is 11.7 Å². The van der Waals surface area contributed by atoms with Crippen molar-refractivity contribution in [2.24, 2.45) is 7.05 Å². The highest BCUT2D eigenvalue weighted by molar-refractivity contribution is 9.10. The highest BCUT2D eigenvalue weighted by Gasteiger charge is 2.12. The Balaban J connectivity index is 2.21. The van der Waals surface area contributed by atoms with E-state index in [0.717, 1.165) is 20.9 Å². The average Bonchev–Trinajstić information content (AvgIpc) is 2.62. The first-order chi connectivity index (χ1) is 8.47. The molecule has 1 unspecified atom stereocenters. The molecular weight excluding hydrogens is 314 g/mol. The Bertz CT molecular complexity index is 565. The van der Waals surface area contributed by atoms with Crippen LogP contribution in [0.3, 0.4) is 0 Å². The van der Waals surface area contributed by atoms with Crippen LogP contribution in [0.25, 0.3) is 0 Å². The molecule has 1 atom stereocenters. The van der Waals surface area contributed by atoms with Crippen LogP contribution in [0.15, 0.2) is 28.9 Å². The van der Waals surface area contributed by atoms with Crippen molar-refractivity contribution >= 4 is 33.2 Å². The van der Waals surface area contributed by atoms with Crippen LogP contribution in [0.1, 0.15) is 24.2 Å². The van der Waals surface area contributed by atoms with E-state index >= 15 is 0 Å². The summed E-state index contributed by atoms with van der Waals surface area (Å²) in [5.41, 5.74) is 3.26. The number of hydrogen-bond donors (Lipinski definition) is 1. The number of aryl methyl sites for hydroxylation is 2. The number of aromatic nitrogens is 2. The van der Waals surface area contributed by atoms with E-state index in [1.807, 2.05) is 43.0 Å². The van der Waals surface area contributed by atoms with Gasteiger partial charge in [0.25, 0.3) is 0 Å². The molecule has 0 aliphatic heterocycles. The molecule has 2 rings (SSSR count). The summed E-state index contributed by atoms with van der Waals surface area (Å²) in [7, 11) is 1.93. The van der Waals surface area contributed by atoms with E-state index in [1.54, 1.807) is 0 Å². The van der Waals surface area contributed by atoms with Crippen LogP contribution in [0, 0.1) is 6.92 Å². The lowest BCUT2D eigenvalue weighted by atomic mass is 10.1. The van der Waals surface area contributed by atoms with E-state index in [9.17, 15) is 0 Å². The molecule has 0 aliphatic carbocycles. The molecule has 1 heterocycles. The van der Waals surface area contributed by atoms with E-state index in [4.69, 9.17) is 11.6 Å². The molecule has 0 saturated carbocycles. The third-order valence-electron chi connectivity index (χ3n) is 2.82. The number of hydrogen-bond acceptors (Lipinski definition) is 2. The lowest BCUT2D eigenvalue weighted by Gasteiger charge is -2.16. The van der Waals surface area contributed by atoms with Gasteiger partial charge in [-0.1, -0.05) is 11.6 Å². The molecule has 18 heavy (non-hydrogen) atoms. The molecule has 0 saturated heterocycles. The van der Waals surface area contributed by atoms with Gasteiger partial charge in [-0.3, -0.25) is 4.68 Å². The van der Waals surface area contributed by atoms with Crippen LogP contribution in [0.4, 0.5) is 5.69 Å². The monoisotopic (exact) mass is 327 g/mol. The molecule has 3 nitrogen and oxygen atoms in total. The van der Waals surface area contributed by atoms with E-state index in [2.05, 4.69) is 33.3 Å². The van der Waals surface area contributed by atoms with Crippen molar-refractivity contribution in [1.82, 2.24) is 9.78 Å². The van der Waals surface area contributed by atoms with Crippen molar-refractivity contribution < 1.29 is 0 Å². The minimum atomic E-state index is 0.191. The molecule has 0 radical (unpaired) electrons. The van der Waals surface area contributed by atoms with Gasteiger partial charge in [-0.15, -0.1) is 0 Å². The van der Waals surface area contributed by atoms with Crippen molar-refractivity contribution in [2.45, 2.75) is 19.9 Å². The zero-order valence-electron chi connectivity index (χ0n) is 10.5. The van der Waals surface area contributed by atoms with Crippen LogP contribution < -0.4 is 5.32 Å². The summed E-state index contributed by atoms with van der Waals surface area (Å²) in [5.74, 6) is 0. The topological polar surface area (TPSA) is 29.9 Å². The molecule has 0 aliphatic rings. The van der Waals surface area contributed by atoms with Crippen molar-refractivity contribution in [1.29, 1.82) is 0 Å². The number of benzene rings is 1. The Kier molecular flexibility index (Phi) is 3.97. The van der Waals surface area contributed by atoms with Crippen LogP contribution in [0.5, 0.6) is 0 Å². The van der Waals surface area contributed by atoms with E-state index in [-0.39, 0.29) is 6.04 Å². The largest absolute Gasteiger partial charge is 0.377 e. The molecule has 0 spiro atoms. The van der Waals surface area contributed by atoms with Gasteiger partial charge in [-0.2, -0.15) is 5.10 Å². The summed E-state index contributed by atoms with van der Waals surface area (Å²) in [5, 5.41) is 8.52. The molecule has 1 aromatic carbocycles. The summed E-state index contributed by atoms with van der Waals surface area (Å²) in [6.45, 7) is 4.13. The third-order valence-corrected chi connectivity index (χ3v) is 3.71. The summed E-state index contributed by atoms with van der Waals surface area (Å²) in [6, 6.07) is 5.91. The summed E-state index contributed by atoms with van der Waals surface area (Å²) in [4.78, 5) is 0. The van der Waals surface area contributed by atoms with Crippen molar-refractivity contribution in [2.75, 3.05) is 5.32 Å². The van der Waals surface area contributed by atoms with Crippen LogP contribution in [-0.4, -0.2) is 9.78 Å². The van der Waals surface area contributed by atoms with Gasteiger partial charge >= 0.3 is 0 Å². The second-order valence-corrected chi connectivity index (χ2v) is 5.62. The van der Waals surface area contributed by atoms with Gasteiger partial charge in [0, 0.05) is 34.0 Å². The quantitative estimate of drug-likeness (QED) is 0.909. The standard InChI is InChI=1S/C13H15BrClN3/c1-8(11-7-18(3)17-9(11)2)16-13-5-4-10(15)6-12(13)14/h4-8,16H,1-3H3. The zero-order valence-corrected chi connectivity index (χ0v) is 12.9. The van der Waals surface area contributed by atoms with E-state index in [1.165, 1.54) is 5.56 Å². The number of nitrogens with one attached hydrogen (secondary N) is 1. The fourth-order valence-corrected chi connectivity index (χ4v) is 2.76. The van der Waals surface area contributed by atoms with Crippen molar-refractivity contribution in [3.63, 3.8) is 0 Å². The number of halogens is 2. The van der Waals surface area contributed by atoms with Gasteiger partial charge in [0.1, 0.15) is 0 Å². The maximum Gasteiger partial charge on any atom is 0.0646 e. The lowest BCUT2D eigenvalue weighted by Crippen LogP contribution is -2.07. The Morgan fingerprint density at radius 1 is 1.44 bits per heavy atom. The molecule has 0 amide bonds. The number of anilines is 1. The van der Waals surface area contributed by atoms with Gasteiger partial charge in [-0.05, 0) is 48.0 Å². The Morgan fingerprint density at radius 3 is 2.72 bits per heavy atom. The van der Waals surface area contributed by atoms with Crippen LogP contribution in [-0.2, 0) is 7.05 Å². The fraction of sp³-hybridized carbons (Fsp3) is 0.308. The molecular formula is C13H15BrClN3. The predicted molar refractivity (Wildman–Crippen MR) is 79.1 cm³/mol. The lowest BCUT2D eigenvalue weighted by molar-refractivity contribution is 0.756. The minimum absolute atomic E-state index is 0.191. The minimum Gasteiger partial charge on any atom is -0.377 e. The van der Waals surface area contributed by atoms with Gasteiger partial charge < -0.3 is 5.32 Å². The highest BCUT2D eigenvalue weighted by atomic mass is 79.9. The van der Waals surface area contributed by atoms with Gasteiger partial charge in [0.15, 0.2) is 0 Å². The summed E-state index contributed by atoms with van der Waals surface area (Å²) in [6.07, 6.45) is 2.04. The summed E-state index contributed by atoms with van der Waals surface area (Å²) < 4.78 is 2.79. The summed E-state index contributed by atoms with van der Waals surface area (Å²) >= 11 is 9.43. The first-order valence-corrected chi connectivity index (χ1v) is 6.86. The predicted octanol–water partition coefficient (Wildman–Crippen LogP) is 4.32. The second kappa shape index (κ2) is 5.33. The second-order valence-electron chi connectivity index (χ2n) is 4.33. The van der Waals surface area contributed by atoms with Gasteiger partial charge in [0.2, 0.25) is 0 Å². The molecule has 96 valence electrons. The van der Waals surface area contributed by atoms with Crippen molar-refractivity contribution in [3.05, 3.63) is 45.1 Å². The fourth-order valence-electron chi connectivity index (χ4n) is 1.96. The molecule has 2 aromatic rings. The zero-order chi connectivity index (χ0) is 13.3. The molecule has 0 fully saturated rings. The highest BCUT2D eigenvalue weighted by Crippen LogP contribution is 2.29. The first kappa shape index (κ1) is 13.4. The van der Waals surface area contributed by atoms with Crippen LogP contribution >= 0.6 is 27.5 Å². The Morgan fingerprint density at radius 2 is 2.17 bits per heavy atom. The van der Waals surface area contributed by atoms with E-state index < -0.39 is 0 Å². The smallest absolute Gasteiger partial charge is 0.0646 e. The maximum atomic E-state index is 5.93. The molecule has 5 heteroatoms. The third kappa shape index (κ3) is 2.87. The average molecular weight is 329 g/mol. The molecule has 1 aromatic heterocycles. The molecule has 1 N–H and O–H groups in total. The molecule has 0 bridgehead atoms. The normalized spacial score (nSPS) is 12.5. The SMILES string of the molecule is Cc1nn(C)cc1C(C)Nc1ccc(Cl)cc1Br. The van der Waals surface area contributed by atoms with Gasteiger partial charge in [-0.25, -0.2) is 0 Å². The Labute approximate surface area is 120 Å². The Hall–Kier alpha value is -1.000. The number of nitrogens with zero attached hydrogens (tertiary/aromatic N) is 2. The van der Waals surface area contributed by atoms with E-state index in [0.29, 0.717) is 0 Å². The maximum absolute atomic E-state index is 5.93. The number of rotatable bonds is 3. The van der Waals surface area contributed by atoms with Crippen molar-refractivity contribution in [3.8, 4) is 0 Å². The first-order valence-electron chi connectivity index (χ1n) is 5.69.